The Labute approximate surface area is 214 Å². The number of carbonyl (C=O) groups is 1. The fourth-order valence-corrected chi connectivity index (χ4v) is 5.97. The summed E-state index contributed by atoms with van der Waals surface area (Å²) in [6.45, 7) is 4.13. The smallest absolute Gasteiger partial charge is 0.192 e. The lowest BCUT2D eigenvalue weighted by molar-refractivity contribution is 0.103. The van der Waals surface area contributed by atoms with Crippen LogP contribution in [0.4, 0.5) is 0 Å². The number of fused-ring (bicyclic) bond motifs is 3. The SMILES string of the molecule is CN/C(C)=C1\C(=O)c2c(cc(C)c3c2CCC/C3=N\n2cnnc2)C1C1=C/C(=N\n2cnnc2)CCC1. The average Bonchev–Trinajstić information content (AvgIpc) is 3.66. The van der Waals surface area contributed by atoms with Gasteiger partial charge in [-0.15, -0.1) is 20.4 Å². The van der Waals surface area contributed by atoms with Crippen molar-refractivity contribution in [2.45, 2.75) is 58.3 Å². The molecule has 0 amide bonds. The van der Waals surface area contributed by atoms with Gasteiger partial charge in [0.15, 0.2) is 5.78 Å². The van der Waals surface area contributed by atoms with Gasteiger partial charge in [0.25, 0.3) is 0 Å². The van der Waals surface area contributed by atoms with E-state index in [0.29, 0.717) is 0 Å². The molecule has 188 valence electrons. The Balaban J connectivity index is 1.52. The molecule has 0 radical (unpaired) electrons. The van der Waals surface area contributed by atoms with Crippen molar-refractivity contribution >= 4 is 17.2 Å². The summed E-state index contributed by atoms with van der Waals surface area (Å²) in [5, 5.41) is 28.2. The van der Waals surface area contributed by atoms with Gasteiger partial charge in [-0.2, -0.15) is 10.2 Å². The number of aromatic nitrogens is 6. The summed E-state index contributed by atoms with van der Waals surface area (Å²) in [4.78, 5) is 14.2. The van der Waals surface area contributed by atoms with E-state index in [-0.39, 0.29) is 11.7 Å². The van der Waals surface area contributed by atoms with Crippen LogP contribution in [0.1, 0.15) is 77.6 Å². The third-order valence-corrected chi connectivity index (χ3v) is 7.55. The van der Waals surface area contributed by atoms with E-state index in [9.17, 15) is 4.79 Å². The van der Waals surface area contributed by atoms with Crippen LogP contribution in [-0.4, -0.2) is 54.0 Å². The van der Waals surface area contributed by atoms with Crippen LogP contribution in [0, 0.1) is 6.92 Å². The fraction of sp³-hybridized carbons (Fsp3) is 0.370. The Hall–Kier alpha value is -4.21. The summed E-state index contributed by atoms with van der Waals surface area (Å²) >= 11 is 0. The number of hydrogen-bond donors (Lipinski definition) is 1. The number of nitrogens with one attached hydrogen (secondary N) is 1. The van der Waals surface area contributed by atoms with E-state index in [0.717, 1.165) is 89.0 Å². The molecule has 3 aliphatic carbocycles. The topological polar surface area (TPSA) is 115 Å². The highest BCUT2D eigenvalue weighted by Crippen LogP contribution is 2.49. The summed E-state index contributed by atoms with van der Waals surface area (Å²) in [6.07, 6.45) is 14.0. The van der Waals surface area contributed by atoms with Crippen molar-refractivity contribution in [1.82, 2.24) is 35.1 Å². The van der Waals surface area contributed by atoms with Gasteiger partial charge in [0.05, 0.1) is 11.4 Å². The first-order chi connectivity index (χ1) is 18.0. The zero-order valence-electron chi connectivity index (χ0n) is 21.3. The second-order valence-electron chi connectivity index (χ2n) is 9.81. The van der Waals surface area contributed by atoms with Crippen LogP contribution in [0.15, 0.2) is 64.5 Å². The number of carbonyl (C=O) groups excluding carboxylic acids is 1. The molecular formula is C27H29N9O. The molecule has 2 aromatic heterocycles. The minimum Gasteiger partial charge on any atom is -0.391 e. The van der Waals surface area contributed by atoms with E-state index in [1.165, 1.54) is 5.57 Å². The molecule has 1 aromatic carbocycles. The van der Waals surface area contributed by atoms with E-state index in [1.54, 1.807) is 34.7 Å². The molecule has 0 bridgehead atoms. The van der Waals surface area contributed by atoms with Crippen molar-refractivity contribution in [1.29, 1.82) is 0 Å². The van der Waals surface area contributed by atoms with Gasteiger partial charge >= 0.3 is 0 Å². The molecule has 0 spiro atoms. The highest BCUT2D eigenvalue weighted by molar-refractivity contribution is 6.19. The van der Waals surface area contributed by atoms with Gasteiger partial charge < -0.3 is 5.32 Å². The number of ketones is 1. The molecule has 0 fully saturated rings. The summed E-state index contributed by atoms with van der Waals surface area (Å²) in [5.74, 6) is 0.0305. The molecule has 6 rings (SSSR count). The first-order valence-corrected chi connectivity index (χ1v) is 12.7. The first-order valence-electron chi connectivity index (χ1n) is 12.7. The molecule has 2 heterocycles. The molecule has 1 unspecified atom stereocenters. The summed E-state index contributed by atoms with van der Waals surface area (Å²) in [7, 11) is 1.88. The molecule has 0 saturated heterocycles. The van der Waals surface area contributed by atoms with Crippen LogP contribution in [0.25, 0.3) is 0 Å². The van der Waals surface area contributed by atoms with Crippen LogP contribution in [-0.2, 0) is 6.42 Å². The lowest BCUT2D eigenvalue weighted by atomic mass is 9.79. The summed E-state index contributed by atoms with van der Waals surface area (Å²) in [6, 6.07) is 2.21. The number of benzene rings is 1. The molecule has 3 aliphatic rings. The van der Waals surface area contributed by atoms with Gasteiger partial charge in [-0.25, -0.2) is 9.35 Å². The van der Waals surface area contributed by atoms with Gasteiger partial charge in [-0.3, -0.25) is 4.79 Å². The van der Waals surface area contributed by atoms with E-state index >= 15 is 0 Å². The van der Waals surface area contributed by atoms with Gasteiger partial charge in [0.1, 0.15) is 25.3 Å². The normalized spacial score (nSPS) is 22.7. The molecule has 10 heteroatoms. The van der Waals surface area contributed by atoms with E-state index < -0.39 is 0 Å². The van der Waals surface area contributed by atoms with Crippen LogP contribution in [0.2, 0.25) is 0 Å². The maximum Gasteiger partial charge on any atom is 0.192 e. The third kappa shape index (κ3) is 4.02. The number of aryl methyl sites for hydroxylation is 1. The van der Waals surface area contributed by atoms with Crippen molar-refractivity contribution in [3.05, 3.63) is 82.1 Å². The largest absolute Gasteiger partial charge is 0.391 e. The lowest BCUT2D eigenvalue weighted by Crippen LogP contribution is -2.19. The molecule has 0 saturated carbocycles. The predicted molar refractivity (Wildman–Crippen MR) is 140 cm³/mol. The number of Topliss-reactive ketones (excluding diaryl/α,β-unsaturated/α-hetero) is 1. The number of hydrogen-bond acceptors (Lipinski definition) is 8. The number of rotatable bonds is 4. The molecule has 3 aromatic rings. The lowest BCUT2D eigenvalue weighted by Gasteiger charge is -2.25. The Morgan fingerprint density at radius 2 is 1.62 bits per heavy atom. The highest BCUT2D eigenvalue weighted by atomic mass is 16.1. The predicted octanol–water partition coefficient (Wildman–Crippen LogP) is 3.55. The van der Waals surface area contributed by atoms with Crippen LogP contribution < -0.4 is 5.32 Å². The quantitative estimate of drug-likeness (QED) is 0.554. The average molecular weight is 496 g/mol. The third-order valence-electron chi connectivity index (χ3n) is 7.55. The van der Waals surface area contributed by atoms with Gasteiger partial charge in [0, 0.05) is 35.4 Å². The maximum atomic E-state index is 14.2. The molecule has 10 nitrogen and oxygen atoms in total. The summed E-state index contributed by atoms with van der Waals surface area (Å²) in [5.41, 5.74) is 10.3. The van der Waals surface area contributed by atoms with Crippen molar-refractivity contribution in [3.63, 3.8) is 0 Å². The molecule has 37 heavy (non-hydrogen) atoms. The molecule has 1 atom stereocenters. The van der Waals surface area contributed by atoms with Crippen molar-refractivity contribution in [2.24, 2.45) is 10.2 Å². The van der Waals surface area contributed by atoms with Crippen molar-refractivity contribution in [2.75, 3.05) is 7.05 Å². The number of nitrogens with zero attached hydrogens (tertiary/aromatic N) is 8. The standard InChI is InChI=1S/C27H29N9O/c1-16-10-21-25(18-6-4-7-19(11-18)33-35-12-29-30-13-35)24(17(2)28-3)27(37)26(21)20-8-5-9-22(23(16)20)34-36-14-31-32-15-36/h10-15,25,28H,4-9H2,1-3H3/b24-17-,33-19-,34-22+. The van der Waals surface area contributed by atoms with E-state index in [4.69, 9.17) is 5.10 Å². The van der Waals surface area contributed by atoms with E-state index in [2.05, 4.69) is 49.9 Å². The Kier molecular flexibility index (Phi) is 5.86. The second-order valence-corrected chi connectivity index (χ2v) is 9.81. The van der Waals surface area contributed by atoms with Crippen molar-refractivity contribution < 1.29 is 4.79 Å². The first kappa shape index (κ1) is 23.2. The van der Waals surface area contributed by atoms with Crippen LogP contribution in [0.3, 0.4) is 0 Å². The van der Waals surface area contributed by atoms with Gasteiger partial charge in [-0.1, -0.05) is 11.6 Å². The number of allylic oxidation sites excluding steroid dienone is 4. The Morgan fingerprint density at radius 1 is 0.946 bits per heavy atom. The van der Waals surface area contributed by atoms with Crippen LogP contribution in [0.5, 0.6) is 0 Å². The molecule has 0 aliphatic heterocycles. The van der Waals surface area contributed by atoms with Gasteiger partial charge in [-0.05, 0) is 75.1 Å². The zero-order chi connectivity index (χ0) is 25.5. The highest BCUT2D eigenvalue weighted by Gasteiger charge is 2.42. The van der Waals surface area contributed by atoms with E-state index in [1.807, 2.05) is 14.0 Å². The monoisotopic (exact) mass is 495 g/mol. The second kappa shape index (κ2) is 9.34. The minimum atomic E-state index is -0.0921. The zero-order valence-corrected chi connectivity index (χ0v) is 21.3. The van der Waals surface area contributed by atoms with Crippen LogP contribution >= 0.6 is 0 Å². The Morgan fingerprint density at radius 3 is 2.32 bits per heavy atom. The molecular weight excluding hydrogens is 466 g/mol. The summed E-state index contributed by atoms with van der Waals surface area (Å²) < 4.78 is 3.27. The fourth-order valence-electron chi connectivity index (χ4n) is 5.97. The Bertz CT molecular complexity index is 1490. The minimum absolute atomic E-state index is 0.0921. The van der Waals surface area contributed by atoms with Crippen molar-refractivity contribution in [3.8, 4) is 0 Å². The van der Waals surface area contributed by atoms with Gasteiger partial charge in [0.2, 0.25) is 0 Å². The maximum absolute atomic E-state index is 14.2. The molecule has 1 N–H and O–H groups in total.